The summed E-state index contributed by atoms with van der Waals surface area (Å²) in [7, 11) is 0. The zero-order chi connectivity index (χ0) is 54.3. The molecule has 5 aliphatic heterocycles. The number of benzene rings is 2. The average molecular weight is 1060 g/mol. The zero-order valence-electron chi connectivity index (χ0n) is 43.6. The Bertz CT molecular complexity index is 3600. The number of hydrogen-bond donors (Lipinski definition) is 3. The minimum absolute atomic E-state index is 0.0368. The van der Waals surface area contributed by atoms with E-state index < -0.39 is 29.7 Å². The van der Waals surface area contributed by atoms with Crippen molar-refractivity contribution in [2.75, 3.05) is 79.8 Å². The molecule has 21 heteroatoms. The summed E-state index contributed by atoms with van der Waals surface area (Å²) in [5.74, 6) is 6.26. The normalized spacial score (nSPS) is 18.5. The van der Waals surface area contributed by atoms with Crippen molar-refractivity contribution >= 4 is 63.7 Å². The Labute approximate surface area is 454 Å². The van der Waals surface area contributed by atoms with Crippen LogP contribution in [0.2, 0.25) is 0 Å². The van der Waals surface area contributed by atoms with Crippen molar-refractivity contribution in [1.29, 1.82) is 0 Å². The van der Waals surface area contributed by atoms with Crippen molar-refractivity contribution in [3.63, 3.8) is 0 Å². The number of pyridine rings is 3. The highest BCUT2D eigenvalue weighted by atomic mass is 19.1. The highest BCUT2D eigenvalue weighted by Crippen LogP contribution is 2.34. The molecule has 0 aliphatic carbocycles. The number of nitrogens with two attached hydrogens (primary N) is 1. The first kappa shape index (κ1) is 50.8. The number of piperidine rings is 3. The van der Waals surface area contributed by atoms with Gasteiger partial charge in [0.25, 0.3) is 11.8 Å². The van der Waals surface area contributed by atoms with Crippen molar-refractivity contribution in [3.05, 3.63) is 131 Å². The van der Waals surface area contributed by atoms with Crippen LogP contribution in [0.1, 0.15) is 82.2 Å². The van der Waals surface area contributed by atoms with Gasteiger partial charge in [0.2, 0.25) is 17.7 Å². The number of hydrogen-bond acceptors (Lipinski definition) is 15. The van der Waals surface area contributed by atoms with Crippen LogP contribution in [-0.2, 0) is 20.9 Å². The Hall–Kier alpha value is -9.03. The molecule has 402 valence electrons. The predicted octanol–water partition coefficient (Wildman–Crippen LogP) is 5.37. The van der Waals surface area contributed by atoms with Gasteiger partial charge in [-0.05, 0) is 99.7 Å². The van der Waals surface area contributed by atoms with Gasteiger partial charge in [-0.25, -0.2) is 24.3 Å². The fraction of sp³-hybridized carbons (Fsp3) is 0.345. The molecule has 20 nitrogen and oxygen atoms in total. The maximum Gasteiger partial charge on any atom is 0.264 e. The largest absolute Gasteiger partial charge is 0.384 e. The van der Waals surface area contributed by atoms with Gasteiger partial charge < -0.3 is 25.8 Å². The van der Waals surface area contributed by atoms with Crippen LogP contribution in [0.25, 0.3) is 28.1 Å². The Morgan fingerprint density at radius 1 is 0.835 bits per heavy atom. The van der Waals surface area contributed by atoms with E-state index in [4.69, 9.17) is 15.7 Å². The van der Waals surface area contributed by atoms with Crippen LogP contribution in [0.3, 0.4) is 0 Å². The number of aromatic nitrogens is 7. The van der Waals surface area contributed by atoms with Gasteiger partial charge in [0, 0.05) is 118 Å². The third-order valence-corrected chi connectivity index (χ3v) is 15.9. The molecule has 0 saturated carbocycles. The van der Waals surface area contributed by atoms with Crippen LogP contribution in [-0.4, -0.2) is 143 Å². The lowest BCUT2D eigenvalue weighted by atomic mass is 9.93. The number of likely N-dealkylation sites (tertiary alicyclic amines) is 1. The molecule has 12 rings (SSSR count). The molecule has 5 amide bonds. The quantitative estimate of drug-likeness (QED) is 0.109. The van der Waals surface area contributed by atoms with Gasteiger partial charge in [0.15, 0.2) is 5.65 Å². The number of rotatable bonds is 11. The van der Waals surface area contributed by atoms with Crippen molar-refractivity contribution in [3.8, 4) is 28.8 Å². The summed E-state index contributed by atoms with van der Waals surface area (Å²) < 4.78 is 19.7. The molecule has 0 radical (unpaired) electrons. The number of nitrogen functional groups attached to an aromatic ring is 1. The van der Waals surface area contributed by atoms with E-state index in [2.05, 4.69) is 52.2 Å². The zero-order valence-corrected chi connectivity index (χ0v) is 43.6. The number of nitrogens with one attached hydrogen (secondary N) is 2. The predicted molar refractivity (Wildman–Crippen MR) is 293 cm³/mol. The first-order valence-electron chi connectivity index (χ1n) is 26.9. The number of aryl methyl sites for hydroxylation is 1. The number of anilines is 4. The third kappa shape index (κ3) is 10.2. The van der Waals surface area contributed by atoms with E-state index in [-0.39, 0.29) is 47.7 Å². The van der Waals surface area contributed by atoms with Crippen LogP contribution < -0.4 is 26.2 Å². The molecule has 5 aromatic heterocycles. The van der Waals surface area contributed by atoms with Crippen molar-refractivity contribution in [2.24, 2.45) is 5.92 Å². The summed E-state index contributed by atoms with van der Waals surface area (Å²) in [6, 6.07) is 20.8. The summed E-state index contributed by atoms with van der Waals surface area (Å²) in [6.07, 6.45) is 10.4. The first-order valence-corrected chi connectivity index (χ1v) is 26.9. The van der Waals surface area contributed by atoms with Gasteiger partial charge in [0.05, 0.1) is 47.0 Å². The first-order chi connectivity index (χ1) is 38.4. The van der Waals surface area contributed by atoms with E-state index >= 15 is 4.39 Å². The average Bonchev–Trinajstić information content (AvgIpc) is 4.19. The van der Waals surface area contributed by atoms with E-state index in [0.29, 0.717) is 79.1 Å². The number of imide groups is 2. The second-order valence-corrected chi connectivity index (χ2v) is 20.8. The van der Waals surface area contributed by atoms with E-state index in [1.54, 1.807) is 42.7 Å². The fourth-order valence-corrected chi connectivity index (χ4v) is 11.6. The second-order valence-electron chi connectivity index (χ2n) is 20.8. The van der Waals surface area contributed by atoms with Crippen molar-refractivity contribution < 1.29 is 28.4 Å². The lowest BCUT2D eigenvalue weighted by Crippen LogP contribution is -2.54. The van der Waals surface area contributed by atoms with Gasteiger partial charge in [-0.3, -0.25) is 48.3 Å². The molecular weight excluding hydrogens is 1010 g/mol. The number of carbonyl (C=O) groups excluding carboxylic acids is 5. The van der Waals surface area contributed by atoms with E-state index in [0.717, 1.165) is 85.0 Å². The molecule has 10 heterocycles. The monoisotopic (exact) mass is 1060 g/mol. The topological polar surface area (TPSA) is 226 Å². The van der Waals surface area contributed by atoms with Crippen molar-refractivity contribution in [1.82, 2.24) is 54.3 Å². The van der Waals surface area contributed by atoms with E-state index in [1.807, 2.05) is 75.9 Å². The summed E-state index contributed by atoms with van der Waals surface area (Å²) in [6.45, 7) is 8.47. The number of carbonyl (C=O) groups is 5. The molecular formula is C58H58FN15O5. The third-order valence-electron chi connectivity index (χ3n) is 15.9. The van der Waals surface area contributed by atoms with Crippen molar-refractivity contribution in [2.45, 2.75) is 64.1 Å². The summed E-state index contributed by atoms with van der Waals surface area (Å²) in [4.78, 5) is 92.8. The van der Waals surface area contributed by atoms with Crippen LogP contribution >= 0.6 is 0 Å². The number of halogens is 1. The fourth-order valence-electron chi connectivity index (χ4n) is 11.6. The van der Waals surface area contributed by atoms with E-state index in [9.17, 15) is 24.0 Å². The summed E-state index contributed by atoms with van der Waals surface area (Å²) in [5, 5.41) is 10.2. The molecule has 4 fully saturated rings. The van der Waals surface area contributed by atoms with Crippen LogP contribution in [0, 0.1) is 30.5 Å². The highest BCUT2D eigenvalue weighted by molar-refractivity contribution is 6.25. The minimum Gasteiger partial charge on any atom is -0.384 e. The molecule has 1 atom stereocenters. The molecule has 4 saturated heterocycles. The lowest BCUT2D eigenvalue weighted by molar-refractivity contribution is -0.138. The second kappa shape index (κ2) is 21.4. The highest BCUT2D eigenvalue weighted by Gasteiger charge is 2.45. The number of amides is 5. The summed E-state index contributed by atoms with van der Waals surface area (Å²) >= 11 is 0. The Kier molecular flexibility index (Phi) is 13.8. The number of fused-ring (bicyclic) bond motifs is 2. The molecule has 2 aromatic carbocycles. The minimum atomic E-state index is -1.04. The number of piperazine rings is 1. The molecule has 7 aromatic rings. The molecule has 1 unspecified atom stereocenters. The molecule has 0 spiro atoms. The molecule has 4 N–H and O–H groups in total. The van der Waals surface area contributed by atoms with Gasteiger partial charge >= 0.3 is 0 Å². The van der Waals surface area contributed by atoms with Gasteiger partial charge in [-0.2, -0.15) is 5.10 Å². The summed E-state index contributed by atoms with van der Waals surface area (Å²) in [5.41, 5.74) is 12.7. The molecule has 79 heavy (non-hydrogen) atoms. The Balaban J connectivity index is 0.572. The SMILES string of the molecule is Cc1nc2ccc(-c3ccnc(N)c3)nc2n1-c1ccc(N2CCN(CC#Cc3ccc(N4CCC(C(=O)N5CCC(n6cc(CNc7cccc8c7C(=O)N(C7CCC(=O)NC7=O)C8=O)cn6)CC5)CC4)nc3)CC2)c(F)c1. The van der Waals surface area contributed by atoms with Crippen LogP contribution in [0.4, 0.5) is 27.4 Å². The maximum atomic E-state index is 15.9. The lowest BCUT2D eigenvalue weighted by Gasteiger charge is -2.37. The van der Waals surface area contributed by atoms with Gasteiger partial charge in [-0.1, -0.05) is 17.9 Å². The standard InChI is InChI=1S/C58H58FN15O5/c1-36-65-47-10-9-45(40-15-20-61-50(60)30-40)66-54(47)73(36)42-8-11-48(44(59)31-42)69-28-26-68(27-29-69)21-3-4-37-7-13-51(63-32-37)70-22-16-39(17-23-70)56(77)71-24-18-41(19-25-71)72-35-38(34-64-72)33-62-46-6-2-5-43-53(46)58(79)74(57(43)78)49-12-14-52(75)67-55(49)76/h2,5-11,13,15,20,30-32,34-35,39,41,49,62H,12,14,16-19,21-29,33H2,1H3,(H2,60,61)(H,67,75,76). The smallest absolute Gasteiger partial charge is 0.264 e. The number of imidazole rings is 1. The molecule has 0 bridgehead atoms. The van der Waals surface area contributed by atoms with E-state index in [1.165, 1.54) is 0 Å². The van der Waals surface area contributed by atoms with Crippen LogP contribution in [0.15, 0.2) is 97.6 Å². The maximum absolute atomic E-state index is 15.9. The van der Waals surface area contributed by atoms with Gasteiger partial charge in [0.1, 0.15) is 34.8 Å². The molecule has 5 aliphatic rings. The van der Waals surface area contributed by atoms with Crippen LogP contribution in [0.5, 0.6) is 0 Å². The number of nitrogens with zero attached hydrogens (tertiary/aromatic N) is 12. The Morgan fingerprint density at radius 2 is 1.66 bits per heavy atom. The van der Waals surface area contributed by atoms with Gasteiger partial charge in [-0.15, -0.1) is 0 Å². The Morgan fingerprint density at radius 3 is 2.42 bits per heavy atom.